The molecule has 2 fully saturated rings. The van der Waals surface area contributed by atoms with Gasteiger partial charge in [-0.2, -0.15) is 0 Å². The summed E-state index contributed by atoms with van der Waals surface area (Å²) in [5.41, 5.74) is 4.99. The molecule has 0 bridgehead atoms. The highest BCUT2D eigenvalue weighted by Crippen LogP contribution is 2.47. The number of carbonyl (C=O) groups is 4. The Hall–Kier alpha value is -7.24. The molecule has 18 heteroatoms. The highest BCUT2D eigenvalue weighted by Gasteiger charge is 2.42. The number of benzene rings is 3. The Balaban J connectivity index is 1.02. The van der Waals surface area contributed by atoms with Crippen molar-refractivity contribution in [1.82, 2.24) is 44.9 Å². The molecular formula is C49H53F2N9O7. The van der Waals surface area contributed by atoms with Crippen LogP contribution in [-0.4, -0.2) is 104 Å². The summed E-state index contributed by atoms with van der Waals surface area (Å²) in [6.45, 7) is 7.66. The number of hydrogen-bond acceptors (Lipinski definition) is 9. The Morgan fingerprint density at radius 1 is 0.791 bits per heavy atom. The van der Waals surface area contributed by atoms with E-state index in [-0.39, 0.29) is 42.3 Å². The number of fused-ring (bicyclic) bond motifs is 5. The van der Waals surface area contributed by atoms with E-state index >= 15 is 8.78 Å². The summed E-state index contributed by atoms with van der Waals surface area (Å²) in [6, 6.07) is 17.9. The van der Waals surface area contributed by atoms with E-state index in [4.69, 9.17) is 19.2 Å². The minimum absolute atomic E-state index is 0.00737. The molecule has 1 unspecified atom stereocenters. The first kappa shape index (κ1) is 44.9. The van der Waals surface area contributed by atoms with Crippen molar-refractivity contribution in [3.05, 3.63) is 102 Å². The maximum Gasteiger partial charge on any atom is 0.407 e. The number of aromatic amines is 2. The maximum absolute atomic E-state index is 16.8. The van der Waals surface area contributed by atoms with Crippen molar-refractivity contribution < 1.29 is 42.2 Å². The van der Waals surface area contributed by atoms with Gasteiger partial charge in [-0.1, -0.05) is 64.1 Å². The third-order valence-corrected chi connectivity index (χ3v) is 13.0. The number of likely N-dealkylation sites (tertiary alicyclic amines) is 2. The number of halogens is 2. The van der Waals surface area contributed by atoms with Crippen LogP contribution < -0.4 is 15.4 Å². The molecule has 6 heterocycles. The lowest BCUT2D eigenvalue weighted by Gasteiger charge is -2.31. The van der Waals surface area contributed by atoms with Gasteiger partial charge in [-0.3, -0.25) is 9.59 Å². The molecule has 0 aliphatic carbocycles. The summed E-state index contributed by atoms with van der Waals surface area (Å²) in [6.07, 6.45) is 1.34. The quantitative estimate of drug-likeness (QED) is 0.0993. The van der Waals surface area contributed by atoms with Gasteiger partial charge in [0.2, 0.25) is 18.0 Å². The van der Waals surface area contributed by atoms with E-state index < -0.39 is 54.4 Å². The highest BCUT2D eigenvalue weighted by atomic mass is 19.1. The summed E-state index contributed by atoms with van der Waals surface area (Å²) in [7, 11) is 2.47. The van der Waals surface area contributed by atoms with Crippen LogP contribution in [0.15, 0.2) is 79.1 Å². The number of rotatable bonds is 11. The molecule has 0 saturated carbocycles. The molecular weight excluding hydrogens is 865 g/mol. The molecule has 3 aromatic carbocycles. The topological polar surface area (TPSA) is 189 Å². The number of carbonyl (C=O) groups excluding carboxylic acids is 4. The second-order valence-electron chi connectivity index (χ2n) is 18.0. The number of imidazole rings is 2. The molecule has 4 N–H and O–H groups in total. The van der Waals surface area contributed by atoms with Crippen molar-refractivity contribution >= 4 is 34.9 Å². The normalized spacial score (nSPS) is 19.8. The predicted molar refractivity (Wildman–Crippen MR) is 244 cm³/mol. The van der Waals surface area contributed by atoms with Crippen LogP contribution in [0.2, 0.25) is 0 Å². The number of H-pyrrole nitrogens is 2. The average molecular weight is 918 g/mol. The van der Waals surface area contributed by atoms with Gasteiger partial charge < -0.3 is 49.2 Å². The summed E-state index contributed by atoms with van der Waals surface area (Å²) in [5.74, 6) is -0.394. The van der Waals surface area contributed by atoms with Crippen LogP contribution in [0.4, 0.5) is 18.4 Å². The zero-order chi connectivity index (χ0) is 47.3. The summed E-state index contributed by atoms with van der Waals surface area (Å²) in [5, 5.41) is 6.09. The summed E-state index contributed by atoms with van der Waals surface area (Å²) >= 11 is 0. The Morgan fingerprint density at radius 3 is 2.06 bits per heavy atom. The van der Waals surface area contributed by atoms with Crippen LogP contribution in [0.3, 0.4) is 0 Å². The Labute approximate surface area is 385 Å². The first-order chi connectivity index (χ1) is 32.2. The highest BCUT2D eigenvalue weighted by molar-refractivity contribution is 5.93. The van der Waals surface area contributed by atoms with Crippen LogP contribution in [0.25, 0.3) is 44.7 Å². The van der Waals surface area contributed by atoms with E-state index in [1.165, 1.54) is 31.4 Å². The van der Waals surface area contributed by atoms with Crippen LogP contribution in [-0.2, 0) is 19.1 Å². The van der Waals surface area contributed by atoms with Crippen LogP contribution in [0.1, 0.15) is 82.5 Å². The number of hydrogen-bond donors (Lipinski definition) is 4. The van der Waals surface area contributed by atoms with E-state index in [9.17, 15) is 19.2 Å². The second kappa shape index (κ2) is 18.2. The van der Waals surface area contributed by atoms with Crippen LogP contribution >= 0.6 is 0 Å². The molecule has 67 heavy (non-hydrogen) atoms. The zero-order valence-corrected chi connectivity index (χ0v) is 38.0. The number of ether oxygens (including phenoxy) is 3. The van der Waals surface area contributed by atoms with Crippen LogP contribution in [0.5, 0.6) is 5.75 Å². The molecule has 3 aromatic heterocycles. The molecule has 4 amide bonds. The van der Waals surface area contributed by atoms with Crippen molar-refractivity contribution in [1.29, 1.82) is 0 Å². The van der Waals surface area contributed by atoms with Gasteiger partial charge in [-0.15, -0.1) is 0 Å². The van der Waals surface area contributed by atoms with Gasteiger partial charge >= 0.3 is 12.2 Å². The van der Waals surface area contributed by atoms with Crippen molar-refractivity contribution in [2.24, 2.45) is 11.8 Å². The standard InChI is InChI=1S/C49H53F2N9O7/c1-25(2)41(56-48(63)65-5)45(61)58-16-10-13-36(58)43-52-22-33(54-43)28-14-15-35-30(17-28)19-37-40-32(51)18-29(20-39(40)67-47(60(35)37)27-11-8-7-9-12-27)34-23-53-44(55-34)38-21-31(50)24-59(38)46(62)42(26(3)4)57-49(64)66-6/h7-9,11-12,14-15,17-20,22-23,25-26,31,36,38,41-42,47H,10,13,16,21,24H2,1-6H3,(H,52,54)(H,53,55)(H,56,63)(H,57,64)/t31-,36+,38+,41+,42+,47?/m1/s1. The third-order valence-electron chi connectivity index (χ3n) is 13.0. The second-order valence-corrected chi connectivity index (χ2v) is 18.0. The van der Waals surface area contributed by atoms with Crippen molar-refractivity contribution in [3.63, 3.8) is 0 Å². The first-order valence-electron chi connectivity index (χ1n) is 22.5. The molecule has 16 nitrogen and oxygen atoms in total. The number of aromatic nitrogens is 5. The van der Waals surface area contributed by atoms with E-state index in [1.807, 2.05) is 73.0 Å². The van der Waals surface area contributed by atoms with Crippen LogP contribution in [0, 0.1) is 17.7 Å². The SMILES string of the molecule is COC(=O)N[C@H](C(=O)N1CCC[C@H]1c1ncc(-c2ccc3c(c2)cc2n3C(c3ccccc3)Oc3cc(-c4cnc([C@@H]5C[C@@H](F)CN5C(=O)[C@@H](NC(=O)OC)C(C)C)[nH]4)cc(F)c3-2)[nH]1)C(C)C. The molecule has 3 aliphatic heterocycles. The molecule has 3 aliphatic rings. The lowest BCUT2D eigenvalue weighted by Crippen LogP contribution is -2.51. The minimum Gasteiger partial charge on any atom is -0.465 e. The number of nitrogens with one attached hydrogen (secondary N) is 4. The Bertz CT molecular complexity index is 2840. The minimum atomic E-state index is -1.32. The molecule has 2 saturated heterocycles. The third kappa shape index (κ3) is 8.44. The van der Waals surface area contributed by atoms with E-state index in [0.29, 0.717) is 47.3 Å². The Kier molecular flexibility index (Phi) is 12.2. The monoisotopic (exact) mass is 917 g/mol. The fourth-order valence-electron chi connectivity index (χ4n) is 9.60. The lowest BCUT2D eigenvalue weighted by atomic mass is 10.0. The maximum atomic E-state index is 16.8. The average Bonchev–Trinajstić information content (AvgIpc) is 4.18. The molecule has 6 aromatic rings. The van der Waals surface area contributed by atoms with E-state index in [2.05, 4.69) is 25.6 Å². The summed E-state index contributed by atoms with van der Waals surface area (Å²) in [4.78, 5) is 70.8. The number of alkyl carbamates (subject to hydrolysis) is 2. The molecule has 0 radical (unpaired) electrons. The van der Waals surface area contributed by atoms with Gasteiger partial charge in [0.15, 0.2) is 0 Å². The summed E-state index contributed by atoms with van der Waals surface area (Å²) < 4.78 is 50.1. The molecule has 350 valence electrons. The van der Waals surface area contributed by atoms with Gasteiger partial charge in [0, 0.05) is 35.0 Å². The molecule has 6 atom stereocenters. The van der Waals surface area contributed by atoms with Crippen molar-refractivity contribution in [2.45, 2.75) is 83.5 Å². The van der Waals surface area contributed by atoms with Gasteiger partial charge in [-0.05, 0) is 55.0 Å². The smallest absolute Gasteiger partial charge is 0.407 e. The number of alkyl halides is 1. The number of amides is 4. The lowest BCUT2D eigenvalue weighted by molar-refractivity contribution is -0.136. The largest absolute Gasteiger partial charge is 0.465 e. The van der Waals surface area contributed by atoms with Gasteiger partial charge in [-0.25, -0.2) is 28.3 Å². The van der Waals surface area contributed by atoms with Crippen molar-refractivity contribution in [3.8, 4) is 39.5 Å². The predicted octanol–water partition coefficient (Wildman–Crippen LogP) is 8.20. The number of nitrogens with zero attached hydrogens (tertiary/aromatic N) is 5. The molecule has 0 spiro atoms. The Morgan fingerprint density at radius 2 is 1.42 bits per heavy atom. The van der Waals surface area contributed by atoms with E-state index in [0.717, 1.165) is 34.1 Å². The van der Waals surface area contributed by atoms with Gasteiger partial charge in [0.25, 0.3) is 0 Å². The fraction of sp³-hybridized carbons (Fsp3) is 0.388. The van der Waals surface area contributed by atoms with Gasteiger partial charge in [0.1, 0.15) is 41.5 Å². The zero-order valence-electron chi connectivity index (χ0n) is 38.0. The first-order valence-corrected chi connectivity index (χ1v) is 22.5. The number of methoxy groups -OCH3 is 2. The van der Waals surface area contributed by atoms with Gasteiger partial charge in [0.05, 0.1) is 73.4 Å². The molecule has 9 rings (SSSR count). The van der Waals surface area contributed by atoms with E-state index in [1.54, 1.807) is 31.0 Å². The fourth-order valence-corrected chi connectivity index (χ4v) is 9.60. The van der Waals surface area contributed by atoms with Crippen molar-refractivity contribution in [2.75, 3.05) is 27.3 Å².